The number of carbonyl (C=O) groups excluding carboxylic acids is 1. The van der Waals surface area contributed by atoms with Gasteiger partial charge in [-0.25, -0.2) is 4.39 Å². The molecule has 112 valence electrons. The fourth-order valence-corrected chi connectivity index (χ4v) is 1.65. The van der Waals surface area contributed by atoms with Crippen molar-refractivity contribution < 1.29 is 13.9 Å². The van der Waals surface area contributed by atoms with Gasteiger partial charge in [-0.2, -0.15) is 0 Å². The monoisotopic (exact) mass is 282 g/mol. The van der Waals surface area contributed by atoms with E-state index in [1.165, 1.54) is 18.2 Å². The maximum atomic E-state index is 13.2. The van der Waals surface area contributed by atoms with Crippen LogP contribution in [-0.2, 0) is 4.79 Å². The van der Waals surface area contributed by atoms with Crippen LogP contribution in [0, 0.1) is 5.82 Å². The highest BCUT2D eigenvalue weighted by Gasteiger charge is 2.18. The molecule has 1 amide bonds. The molecule has 0 aliphatic heterocycles. The summed E-state index contributed by atoms with van der Waals surface area (Å²) in [6, 6.07) is 3.74. The third-order valence-corrected chi connectivity index (χ3v) is 3.18. The number of ether oxygens (including phenoxy) is 1. The molecule has 0 heterocycles. The Balaban J connectivity index is 2.68. The largest absolute Gasteiger partial charge is 0.483 e. The first-order valence-electron chi connectivity index (χ1n) is 6.74. The molecule has 4 nitrogen and oxygen atoms in total. The van der Waals surface area contributed by atoms with Crippen molar-refractivity contribution in [2.75, 3.05) is 6.61 Å². The fourth-order valence-electron chi connectivity index (χ4n) is 1.65. The van der Waals surface area contributed by atoms with Gasteiger partial charge < -0.3 is 15.8 Å². The van der Waals surface area contributed by atoms with E-state index in [0.717, 1.165) is 6.42 Å². The highest BCUT2D eigenvalue weighted by Crippen LogP contribution is 2.24. The van der Waals surface area contributed by atoms with Crippen LogP contribution in [0.5, 0.6) is 5.75 Å². The van der Waals surface area contributed by atoms with Crippen molar-refractivity contribution in [2.45, 2.75) is 45.7 Å². The predicted molar refractivity (Wildman–Crippen MR) is 77.0 cm³/mol. The first-order valence-corrected chi connectivity index (χ1v) is 6.74. The number of hydrogen-bond acceptors (Lipinski definition) is 3. The Morgan fingerprint density at radius 1 is 1.50 bits per heavy atom. The van der Waals surface area contributed by atoms with Gasteiger partial charge in [0.2, 0.25) is 0 Å². The Bertz CT molecular complexity index is 473. The highest BCUT2D eigenvalue weighted by atomic mass is 19.1. The van der Waals surface area contributed by atoms with E-state index in [9.17, 15) is 9.18 Å². The normalized spacial score (nSPS) is 12.9. The standard InChI is InChI=1S/C15H23FN2O2/c1-5-15(3,4)18-14(19)9-20-13-7-6-11(16)8-12(13)10(2)17/h6-8,10H,5,9,17H2,1-4H3,(H,18,19). The molecule has 0 spiro atoms. The second-order valence-electron chi connectivity index (χ2n) is 5.55. The Morgan fingerprint density at radius 2 is 2.15 bits per heavy atom. The molecule has 20 heavy (non-hydrogen) atoms. The fraction of sp³-hybridized carbons (Fsp3) is 0.533. The van der Waals surface area contributed by atoms with E-state index < -0.39 is 0 Å². The van der Waals surface area contributed by atoms with Gasteiger partial charge in [0, 0.05) is 17.1 Å². The van der Waals surface area contributed by atoms with Crippen LogP contribution in [0.1, 0.15) is 45.7 Å². The zero-order valence-electron chi connectivity index (χ0n) is 12.5. The minimum Gasteiger partial charge on any atom is -0.483 e. The minimum atomic E-state index is -0.374. The zero-order chi connectivity index (χ0) is 15.3. The Kier molecular flexibility index (Phi) is 5.51. The van der Waals surface area contributed by atoms with Crippen molar-refractivity contribution in [1.29, 1.82) is 0 Å². The lowest BCUT2D eigenvalue weighted by Crippen LogP contribution is -2.44. The molecule has 0 saturated carbocycles. The van der Waals surface area contributed by atoms with E-state index >= 15 is 0 Å². The van der Waals surface area contributed by atoms with Gasteiger partial charge in [-0.3, -0.25) is 4.79 Å². The quantitative estimate of drug-likeness (QED) is 0.842. The molecule has 0 radical (unpaired) electrons. The van der Waals surface area contributed by atoms with E-state index in [0.29, 0.717) is 11.3 Å². The lowest BCUT2D eigenvalue weighted by molar-refractivity contribution is -0.124. The van der Waals surface area contributed by atoms with Crippen LogP contribution in [-0.4, -0.2) is 18.1 Å². The third kappa shape index (κ3) is 4.81. The minimum absolute atomic E-state index is 0.116. The first kappa shape index (κ1) is 16.4. The van der Waals surface area contributed by atoms with E-state index in [1.54, 1.807) is 6.92 Å². The SMILES string of the molecule is CCC(C)(C)NC(=O)COc1ccc(F)cc1C(C)N. The lowest BCUT2D eigenvalue weighted by Gasteiger charge is -2.24. The van der Waals surface area contributed by atoms with Gasteiger partial charge in [0.1, 0.15) is 11.6 Å². The lowest BCUT2D eigenvalue weighted by atomic mass is 10.0. The highest BCUT2D eigenvalue weighted by molar-refractivity contribution is 5.78. The van der Waals surface area contributed by atoms with E-state index in [1.807, 2.05) is 20.8 Å². The molecule has 0 saturated heterocycles. The maximum absolute atomic E-state index is 13.2. The second-order valence-corrected chi connectivity index (χ2v) is 5.55. The summed E-state index contributed by atoms with van der Waals surface area (Å²) in [6.07, 6.45) is 0.820. The van der Waals surface area contributed by atoms with Crippen LogP contribution < -0.4 is 15.8 Å². The van der Waals surface area contributed by atoms with Gasteiger partial charge in [-0.05, 0) is 45.4 Å². The molecule has 0 bridgehead atoms. The Morgan fingerprint density at radius 3 is 2.70 bits per heavy atom. The van der Waals surface area contributed by atoms with Crippen LogP contribution in [0.15, 0.2) is 18.2 Å². The molecule has 0 fully saturated rings. The number of rotatable bonds is 6. The summed E-state index contributed by atoms with van der Waals surface area (Å²) in [7, 11) is 0. The van der Waals surface area contributed by atoms with Crippen LogP contribution in [0.4, 0.5) is 4.39 Å². The van der Waals surface area contributed by atoms with Crippen LogP contribution in [0.2, 0.25) is 0 Å². The van der Waals surface area contributed by atoms with Gasteiger partial charge in [-0.1, -0.05) is 6.92 Å². The number of hydrogen-bond donors (Lipinski definition) is 2. The summed E-state index contributed by atoms with van der Waals surface area (Å²) in [5.41, 5.74) is 6.04. The molecule has 1 unspecified atom stereocenters. The van der Waals surface area contributed by atoms with Crippen molar-refractivity contribution in [3.05, 3.63) is 29.6 Å². The van der Waals surface area contributed by atoms with Crippen LogP contribution in [0.25, 0.3) is 0 Å². The van der Waals surface area contributed by atoms with E-state index in [-0.39, 0.29) is 29.9 Å². The average molecular weight is 282 g/mol. The maximum Gasteiger partial charge on any atom is 0.258 e. The van der Waals surface area contributed by atoms with Gasteiger partial charge in [0.25, 0.3) is 5.91 Å². The Hall–Kier alpha value is -1.62. The summed E-state index contributed by atoms with van der Waals surface area (Å²) in [4.78, 5) is 11.8. The topological polar surface area (TPSA) is 64.3 Å². The van der Waals surface area contributed by atoms with E-state index in [2.05, 4.69) is 5.32 Å². The molecule has 3 N–H and O–H groups in total. The van der Waals surface area contributed by atoms with Crippen molar-refractivity contribution in [3.8, 4) is 5.75 Å². The molecular formula is C15H23FN2O2. The molecule has 5 heteroatoms. The van der Waals surface area contributed by atoms with E-state index in [4.69, 9.17) is 10.5 Å². The molecular weight excluding hydrogens is 259 g/mol. The molecule has 1 atom stereocenters. The summed E-state index contributed by atoms with van der Waals surface area (Å²) in [5, 5.41) is 2.87. The van der Waals surface area contributed by atoms with Gasteiger partial charge in [0.15, 0.2) is 6.61 Å². The van der Waals surface area contributed by atoms with Crippen molar-refractivity contribution >= 4 is 5.91 Å². The molecule has 1 aromatic rings. The molecule has 1 rings (SSSR count). The molecule has 1 aromatic carbocycles. The summed E-state index contributed by atoms with van der Waals surface area (Å²) < 4.78 is 18.6. The first-order chi connectivity index (χ1) is 9.25. The number of benzene rings is 1. The predicted octanol–water partition coefficient (Wildman–Crippen LogP) is 2.53. The zero-order valence-corrected chi connectivity index (χ0v) is 12.5. The second kappa shape index (κ2) is 6.70. The molecule has 0 aromatic heterocycles. The number of halogens is 1. The van der Waals surface area contributed by atoms with Crippen LogP contribution >= 0.6 is 0 Å². The average Bonchev–Trinajstić information content (AvgIpc) is 2.36. The van der Waals surface area contributed by atoms with Gasteiger partial charge in [-0.15, -0.1) is 0 Å². The van der Waals surface area contributed by atoms with Crippen molar-refractivity contribution in [2.24, 2.45) is 5.73 Å². The van der Waals surface area contributed by atoms with Crippen molar-refractivity contribution in [1.82, 2.24) is 5.32 Å². The molecule has 0 aliphatic carbocycles. The third-order valence-electron chi connectivity index (χ3n) is 3.18. The van der Waals surface area contributed by atoms with Gasteiger partial charge >= 0.3 is 0 Å². The van der Waals surface area contributed by atoms with Crippen molar-refractivity contribution in [3.63, 3.8) is 0 Å². The summed E-state index contributed by atoms with van der Waals surface area (Å²) in [6.45, 7) is 7.50. The number of amides is 1. The number of carbonyl (C=O) groups is 1. The number of nitrogens with two attached hydrogens (primary N) is 1. The smallest absolute Gasteiger partial charge is 0.258 e. The summed E-state index contributed by atoms with van der Waals surface area (Å²) in [5.74, 6) is -0.149. The summed E-state index contributed by atoms with van der Waals surface area (Å²) >= 11 is 0. The Labute approximate surface area is 119 Å². The molecule has 0 aliphatic rings. The van der Waals surface area contributed by atoms with Gasteiger partial charge in [0.05, 0.1) is 0 Å². The van der Waals surface area contributed by atoms with Crippen LogP contribution in [0.3, 0.4) is 0 Å². The number of nitrogens with one attached hydrogen (secondary N) is 1.